The fraction of sp³-hybridized carbons (Fsp3) is 0.533. The Morgan fingerprint density at radius 3 is 2.74 bits per heavy atom. The van der Waals surface area contributed by atoms with E-state index >= 15 is 0 Å². The summed E-state index contributed by atoms with van der Waals surface area (Å²) in [6.45, 7) is 7.18. The number of nitrogens with two attached hydrogens (primary N) is 1. The molecule has 0 saturated carbocycles. The highest BCUT2D eigenvalue weighted by Gasteiger charge is 2.12. The quantitative estimate of drug-likeness (QED) is 0.328. The van der Waals surface area contributed by atoms with Gasteiger partial charge in [0.05, 0.1) is 12.2 Å². The van der Waals surface area contributed by atoms with Crippen LogP contribution in [0.5, 0.6) is 5.75 Å². The van der Waals surface area contributed by atoms with Crippen LogP contribution in [0.3, 0.4) is 0 Å². The van der Waals surface area contributed by atoms with Crippen LogP contribution in [-0.4, -0.2) is 18.2 Å². The standard InChI is InChI=1S/C15H24N2OS/c1-4-19-13-9-5-8-12(14(13)15(16)17)18-10-6-7-11(2)3/h5,8-9,11H,4,6-7,10H2,1-3H3,(H3,16,17). The second kappa shape index (κ2) is 8.10. The maximum atomic E-state index is 7.73. The zero-order chi connectivity index (χ0) is 14.3. The van der Waals surface area contributed by atoms with E-state index in [2.05, 4.69) is 20.8 Å². The molecule has 106 valence electrons. The molecule has 0 amide bonds. The van der Waals surface area contributed by atoms with Crippen molar-refractivity contribution in [1.29, 1.82) is 5.41 Å². The Labute approximate surface area is 120 Å². The van der Waals surface area contributed by atoms with Gasteiger partial charge < -0.3 is 10.5 Å². The summed E-state index contributed by atoms with van der Waals surface area (Å²) in [5.41, 5.74) is 6.42. The lowest BCUT2D eigenvalue weighted by molar-refractivity contribution is 0.296. The molecule has 19 heavy (non-hydrogen) atoms. The van der Waals surface area contributed by atoms with E-state index in [4.69, 9.17) is 15.9 Å². The minimum atomic E-state index is 0.0791. The molecule has 3 nitrogen and oxygen atoms in total. The van der Waals surface area contributed by atoms with Crippen molar-refractivity contribution >= 4 is 17.6 Å². The van der Waals surface area contributed by atoms with Crippen LogP contribution in [0.4, 0.5) is 0 Å². The fourth-order valence-electron chi connectivity index (χ4n) is 1.85. The van der Waals surface area contributed by atoms with Crippen LogP contribution in [0.1, 0.15) is 39.2 Å². The monoisotopic (exact) mass is 280 g/mol. The number of nitrogen functional groups attached to an aromatic ring is 1. The molecular weight excluding hydrogens is 256 g/mol. The largest absolute Gasteiger partial charge is 0.493 e. The molecule has 0 radical (unpaired) electrons. The van der Waals surface area contributed by atoms with Gasteiger partial charge in [0.15, 0.2) is 0 Å². The topological polar surface area (TPSA) is 59.1 Å². The van der Waals surface area contributed by atoms with E-state index < -0.39 is 0 Å². The predicted octanol–water partition coefficient (Wildman–Crippen LogP) is 3.90. The molecule has 0 aliphatic heterocycles. The molecule has 1 aromatic carbocycles. The molecule has 0 atom stereocenters. The zero-order valence-electron chi connectivity index (χ0n) is 12.0. The molecule has 0 aromatic heterocycles. The van der Waals surface area contributed by atoms with Crippen molar-refractivity contribution in [2.24, 2.45) is 11.7 Å². The third-order valence-electron chi connectivity index (χ3n) is 2.74. The number of ether oxygens (including phenoxy) is 1. The number of hydrogen-bond acceptors (Lipinski definition) is 3. The molecule has 0 saturated heterocycles. The van der Waals surface area contributed by atoms with Crippen molar-refractivity contribution in [2.45, 2.75) is 38.5 Å². The van der Waals surface area contributed by atoms with E-state index in [1.165, 1.54) is 0 Å². The first kappa shape index (κ1) is 15.9. The van der Waals surface area contributed by atoms with Gasteiger partial charge >= 0.3 is 0 Å². The summed E-state index contributed by atoms with van der Waals surface area (Å²) in [6.07, 6.45) is 2.18. The molecule has 3 N–H and O–H groups in total. The van der Waals surface area contributed by atoms with Crippen molar-refractivity contribution < 1.29 is 4.74 Å². The average molecular weight is 280 g/mol. The number of amidine groups is 1. The minimum Gasteiger partial charge on any atom is -0.493 e. The average Bonchev–Trinajstić information content (AvgIpc) is 2.34. The van der Waals surface area contributed by atoms with Gasteiger partial charge in [-0.05, 0) is 36.6 Å². The van der Waals surface area contributed by atoms with Crippen molar-refractivity contribution in [1.82, 2.24) is 0 Å². The molecule has 0 bridgehead atoms. The molecule has 0 unspecified atom stereocenters. The van der Waals surface area contributed by atoms with Gasteiger partial charge in [-0.1, -0.05) is 26.8 Å². The first-order valence-corrected chi connectivity index (χ1v) is 7.77. The Balaban J connectivity index is 2.76. The highest BCUT2D eigenvalue weighted by molar-refractivity contribution is 7.99. The predicted molar refractivity (Wildman–Crippen MR) is 83.4 cm³/mol. The fourth-order valence-corrected chi connectivity index (χ4v) is 2.69. The van der Waals surface area contributed by atoms with Gasteiger partial charge in [-0.25, -0.2) is 0 Å². The van der Waals surface area contributed by atoms with E-state index in [1.807, 2.05) is 18.2 Å². The molecule has 0 aliphatic carbocycles. The molecule has 1 aromatic rings. The Hall–Kier alpha value is -1.16. The SMILES string of the molecule is CCSc1cccc(OCCCC(C)C)c1C(=N)N. The molecule has 0 heterocycles. The van der Waals surface area contributed by atoms with Gasteiger partial charge in [-0.15, -0.1) is 11.8 Å². The summed E-state index contributed by atoms with van der Waals surface area (Å²) in [7, 11) is 0. The maximum absolute atomic E-state index is 7.73. The normalized spacial score (nSPS) is 10.7. The maximum Gasteiger partial charge on any atom is 0.131 e. The number of rotatable bonds is 8. The van der Waals surface area contributed by atoms with Gasteiger partial charge in [0.1, 0.15) is 11.6 Å². The number of thioether (sulfide) groups is 1. The van der Waals surface area contributed by atoms with E-state index in [9.17, 15) is 0 Å². The number of hydrogen-bond donors (Lipinski definition) is 2. The summed E-state index contributed by atoms with van der Waals surface area (Å²) >= 11 is 1.69. The Morgan fingerprint density at radius 2 is 2.16 bits per heavy atom. The molecule has 0 aliphatic rings. The molecule has 0 fully saturated rings. The van der Waals surface area contributed by atoms with E-state index in [-0.39, 0.29) is 5.84 Å². The first-order valence-electron chi connectivity index (χ1n) is 6.79. The van der Waals surface area contributed by atoms with Crippen LogP contribution in [0.25, 0.3) is 0 Å². The van der Waals surface area contributed by atoms with Crippen LogP contribution in [-0.2, 0) is 0 Å². The van der Waals surface area contributed by atoms with Gasteiger partial charge in [-0.2, -0.15) is 0 Å². The van der Waals surface area contributed by atoms with E-state index in [0.717, 1.165) is 34.8 Å². The second-order valence-electron chi connectivity index (χ2n) is 4.86. The summed E-state index contributed by atoms with van der Waals surface area (Å²) in [5.74, 6) is 2.46. The number of benzene rings is 1. The summed E-state index contributed by atoms with van der Waals surface area (Å²) in [6, 6.07) is 5.85. The first-order chi connectivity index (χ1) is 9.06. The summed E-state index contributed by atoms with van der Waals surface area (Å²) in [4.78, 5) is 1.02. The highest BCUT2D eigenvalue weighted by atomic mass is 32.2. The minimum absolute atomic E-state index is 0.0791. The third-order valence-corrected chi connectivity index (χ3v) is 3.68. The van der Waals surface area contributed by atoms with E-state index in [1.54, 1.807) is 11.8 Å². The van der Waals surface area contributed by atoms with Gasteiger partial charge in [-0.3, -0.25) is 5.41 Å². The van der Waals surface area contributed by atoms with Crippen molar-refractivity contribution in [3.63, 3.8) is 0 Å². The lowest BCUT2D eigenvalue weighted by atomic mass is 10.1. The lowest BCUT2D eigenvalue weighted by Gasteiger charge is -2.14. The summed E-state index contributed by atoms with van der Waals surface area (Å²) < 4.78 is 5.80. The summed E-state index contributed by atoms with van der Waals surface area (Å²) in [5, 5.41) is 7.73. The van der Waals surface area contributed by atoms with Crippen LogP contribution in [0.2, 0.25) is 0 Å². The van der Waals surface area contributed by atoms with Crippen LogP contribution < -0.4 is 10.5 Å². The molecular formula is C15H24N2OS. The van der Waals surface area contributed by atoms with Crippen LogP contribution >= 0.6 is 11.8 Å². The zero-order valence-corrected chi connectivity index (χ0v) is 12.8. The van der Waals surface area contributed by atoms with Crippen molar-refractivity contribution in [2.75, 3.05) is 12.4 Å². The highest BCUT2D eigenvalue weighted by Crippen LogP contribution is 2.29. The Bertz CT molecular complexity index is 419. The Morgan fingerprint density at radius 1 is 1.42 bits per heavy atom. The van der Waals surface area contributed by atoms with E-state index in [0.29, 0.717) is 12.5 Å². The van der Waals surface area contributed by atoms with Crippen LogP contribution in [0, 0.1) is 11.3 Å². The molecule has 1 rings (SSSR count). The lowest BCUT2D eigenvalue weighted by Crippen LogP contribution is -2.15. The van der Waals surface area contributed by atoms with Crippen molar-refractivity contribution in [3.8, 4) is 5.75 Å². The number of nitrogens with one attached hydrogen (secondary N) is 1. The van der Waals surface area contributed by atoms with Gasteiger partial charge in [0.25, 0.3) is 0 Å². The third kappa shape index (κ3) is 5.15. The second-order valence-corrected chi connectivity index (χ2v) is 6.17. The van der Waals surface area contributed by atoms with Gasteiger partial charge in [0, 0.05) is 4.90 Å². The smallest absolute Gasteiger partial charge is 0.131 e. The molecule has 0 spiro atoms. The van der Waals surface area contributed by atoms with Gasteiger partial charge in [0.2, 0.25) is 0 Å². The van der Waals surface area contributed by atoms with Crippen LogP contribution in [0.15, 0.2) is 23.1 Å². The van der Waals surface area contributed by atoms with Crippen molar-refractivity contribution in [3.05, 3.63) is 23.8 Å². The Kier molecular flexibility index (Phi) is 6.78. The molecule has 4 heteroatoms.